The molecule has 0 aliphatic heterocycles. The summed E-state index contributed by atoms with van der Waals surface area (Å²) in [5.74, 6) is 0.169. The number of nitrogens with one attached hydrogen (secondary N) is 1. The molecule has 0 radical (unpaired) electrons. The first-order chi connectivity index (χ1) is 8.74. The van der Waals surface area contributed by atoms with Crippen LogP contribution in [0, 0.1) is 11.3 Å². The van der Waals surface area contributed by atoms with Crippen LogP contribution in [0.2, 0.25) is 0 Å². The van der Waals surface area contributed by atoms with Crippen molar-refractivity contribution < 1.29 is 0 Å². The second kappa shape index (κ2) is 5.76. The number of hydrogen-bond acceptors (Lipinski definition) is 4. The van der Waals surface area contributed by atoms with Crippen molar-refractivity contribution in [2.45, 2.75) is 13.5 Å². The summed E-state index contributed by atoms with van der Waals surface area (Å²) in [7, 11) is 0. The third kappa shape index (κ3) is 2.75. The van der Waals surface area contributed by atoms with E-state index in [1.807, 2.05) is 24.3 Å². The quantitative estimate of drug-likeness (QED) is 0.938. The summed E-state index contributed by atoms with van der Waals surface area (Å²) in [6.45, 7) is 3.82. The van der Waals surface area contributed by atoms with Crippen molar-refractivity contribution >= 4 is 15.9 Å². The molecule has 0 amide bonds. The van der Waals surface area contributed by atoms with Crippen molar-refractivity contribution in [1.29, 1.82) is 5.26 Å². The van der Waals surface area contributed by atoms with Gasteiger partial charge in [-0.2, -0.15) is 5.26 Å². The minimum atomic E-state index is 0.169. The second-order valence-electron chi connectivity index (χ2n) is 3.68. The molecule has 0 spiro atoms. The van der Waals surface area contributed by atoms with Crippen molar-refractivity contribution in [1.82, 2.24) is 20.1 Å². The van der Waals surface area contributed by atoms with Crippen LogP contribution in [-0.4, -0.2) is 21.3 Å². The van der Waals surface area contributed by atoms with Crippen LogP contribution in [0.1, 0.15) is 18.3 Å². The number of hydrogen-bond donors (Lipinski definition) is 1. The van der Waals surface area contributed by atoms with Crippen LogP contribution in [0.5, 0.6) is 0 Å². The number of benzene rings is 1. The molecule has 92 valence electrons. The number of halogens is 1. The van der Waals surface area contributed by atoms with E-state index in [-0.39, 0.29) is 5.82 Å². The van der Waals surface area contributed by atoms with E-state index < -0.39 is 0 Å². The molecule has 0 unspecified atom stereocenters. The maximum Gasteiger partial charge on any atom is 0.252 e. The second-order valence-corrected chi connectivity index (χ2v) is 4.53. The van der Waals surface area contributed by atoms with E-state index >= 15 is 0 Å². The lowest BCUT2D eigenvalue weighted by atomic mass is 10.2. The summed E-state index contributed by atoms with van der Waals surface area (Å²) >= 11 is 3.53. The normalized spacial score (nSPS) is 10.3. The van der Waals surface area contributed by atoms with Crippen LogP contribution >= 0.6 is 15.9 Å². The predicted octanol–water partition coefficient (Wildman–Crippen LogP) is 2.01. The Bertz CT molecular complexity index is 584. The average Bonchev–Trinajstić information content (AvgIpc) is 2.86. The van der Waals surface area contributed by atoms with Gasteiger partial charge in [0.15, 0.2) is 0 Å². The lowest BCUT2D eigenvalue weighted by Gasteiger charge is -2.07. The Kier molecular flexibility index (Phi) is 4.07. The van der Waals surface area contributed by atoms with E-state index in [1.165, 1.54) is 11.9 Å². The fourth-order valence-corrected chi connectivity index (χ4v) is 2.03. The topological polar surface area (TPSA) is 66.5 Å². The van der Waals surface area contributed by atoms with Gasteiger partial charge in [0.1, 0.15) is 12.4 Å². The zero-order valence-corrected chi connectivity index (χ0v) is 11.5. The van der Waals surface area contributed by atoms with Crippen LogP contribution < -0.4 is 5.32 Å². The van der Waals surface area contributed by atoms with Crippen LogP contribution in [0.25, 0.3) is 5.69 Å². The van der Waals surface area contributed by atoms with Crippen LogP contribution in [0.15, 0.2) is 29.0 Å². The van der Waals surface area contributed by atoms with Gasteiger partial charge < -0.3 is 5.32 Å². The summed E-state index contributed by atoms with van der Waals surface area (Å²) in [5, 5.41) is 16.0. The van der Waals surface area contributed by atoms with E-state index in [4.69, 9.17) is 5.26 Å². The van der Waals surface area contributed by atoms with Gasteiger partial charge in [-0.1, -0.05) is 28.9 Å². The van der Waals surface area contributed by atoms with Gasteiger partial charge in [-0.3, -0.25) is 0 Å². The molecular weight excluding hydrogens is 294 g/mol. The molecule has 2 rings (SSSR count). The Morgan fingerprint density at radius 2 is 2.33 bits per heavy atom. The molecule has 0 fully saturated rings. The van der Waals surface area contributed by atoms with E-state index in [9.17, 15) is 0 Å². The molecule has 0 atom stereocenters. The number of nitriles is 1. The molecule has 0 aliphatic carbocycles. The summed E-state index contributed by atoms with van der Waals surface area (Å²) in [6.07, 6.45) is 1.53. The highest BCUT2D eigenvalue weighted by Gasteiger charge is 2.05. The molecular formula is C12H12BrN5. The largest absolute Gasteiger partial charge is 0.313 e. The van der Waals surface area contributed by atoms with Gasteiger partial charge in [-0.25, -0.2) is 9.67 Å². The first-order valence-electron chi connectivity index (χ1n) is 5.56. The van der Waals surface area contributed by atoms with E-state index in [1.54, 1.807) is 4.68 Å². The van der Waals surface area contributed by atoms with Gasteiger partial charge in [0.2, 0.25) is 0 Å². The van der Waals surface area contributed by atoms with Gasteiger partial charge >= 0.3 is 0 Å². The molecule has 1 aromatic heterocycles. The molecule has 0 aliphatic rings. The minimum absolute atomic E-state index is 0.169. The van der Waals surface area contributed by atoms with Crippen molar-refractivity contribution in [3.05, 3.63) is 40.4 Å². The van der Waals surface area contributed by atoms with E-state index in [2.05, 4.69) is 38.3 Å². The van der Waals surface area contributed by atoms with E-state index in [0.717, 1.165) is 23.2 Å². The molecule has 6 heteroatoms. The third-order valence-electron chi connectivity index (χ3n) is 2.46. The van der Waals surface area contributed by atoms with Crippen molar-refractivity contribution in [2.24, 2.45) is 0 Å². The van der Waals surface area contributed by atoms with Crippen molar-refractivity contribution in [3.63, 3.8) is 0 Å². The lowest BCUT2D eigenvalue weighted by molar-refractivity contribution is 0.724. The Balaban J connectivity index is 2.25. The number of nitrogens with zero attached hydrogens (tertiary/aromatic N) is 4. The Hall–Kier alpha value is -1.71. The van der Waals surface area contributed by atoms with Gasteiger partial charge in [0.05, 0.1) is 5.69 Å². The molecule has 0 saturated heterocycles. The van der Waals surface area contributed by atoms with Gasteiger partial charge in [-0.15, -0.1) is 5.10 Å². The zero-order chi connectivity index (χ0) is 13.0. The molecule has 0 saturated carbocycles. The first-order valence-corrected chi connectivity index (χ1v) is 6.35. The van der Waals surface area contributed by atoms with Crippen molar-refractivity contribution in [3.8, 4) is 11.8 Å². The molecule has 1 heterocycles. The monoisotopic (exact) mass is 305 g/mol. The number of rotatable bonds is 4. The molecule has 1 N–H and O–H groups in total. The van der Waals surface area contributed by atoms with Gasteiger partial charge in [-0.05, 0) is 24.2 Å². The molecule has 5 nitrogen and oxygen atoms in total. The average molecular weight is 306 g/mol. The van der Waals surface area contributed by atoms with Gasteiger partial charge in [0.25, 0.3) is 5.82 Å². The summed E-state index contributed by atoms with van der Waals surface area (Å²) in [5.41, 5.74) is 2.05. The molecule has 2 aromatic rings. The zero-order valence-electron chi connectivity index (χ0n) is 9.89. The lowest BCUT2D eigenvalue weighted by Crippen LogP contribution is -2.12. The predicted molar refractivity (Wildman–Crippen MR) is 71.2 cm³/mol. The highest BCUT2D eigenvalue weighted by Crippen LogP contribution is 2.20. The van der Waals surface area contributed by atoms with Crippen LogP contribution in [0.3, 0.4) is 0 Å². The maximum absolute atomic E-state index is 8.69. The molecule has 0 bridgehead atoms. The SMILES string of the molecule is CCNCc1ccc(-n2cnc(C#N)n2)cc1Br. The summed E-state index contributed by atoms with van der Waals surface area (Å²) in [4.78, 5) is 3.88. The van der Waals surface area contributed by atoms with Gasteiger partial charge in [0, 0.05) is 11.0 Å². The summed E-state index contributed by atoms with van der Waals surface area (Å²) in [6, 6.07) is 7.84. The Labute approximate surface area is 114 Å². The fourth-order valence-electron chi connectivity index (χ4n) is 1.52. The van der Waals surface area contributed by atoms with Crippen LogP contribution in [-0.2, 0) is 6.54 Å². The number of aromatic nitrogens is 3. The standard InChI is InChI=1S/C12H12BrN5/c1-2-15-7-9-3-4-10(5-11(9)13)18-8-16-12(6-14)17-18/h3-5,8,15H,2,7H2,1H3. The fraction of sp³-hybridized carbons (Fsp3) is 0.250. The first kappa shape index (κ1) is 12.7. The molecule has 18 heavy (non-hydrogen) atoms. The van der Waals surface area contributed by atoms with Crippen LogP contribution in [0.4, 0.5) is 0 Å². The highest BCUT2D eigenvalue weighted by molar-refractivity contribution is 9.10. The van der Waals surface area contributed by atoms with E-state index in [0.29, 0.717) is 0 Å². The minimum Gasteiger partial charge on any atom is -0.313 e. The van der Waals surface area contributed by atoms with Crippen molar-refractivity contribution in [2.75, 3.05) is 6.54 Å². The Morgan fingerprint density at radius 1 is 1.50 bits per heavy atom. The highest BCUT2D eigenvalue weighted by atomic mass is 79.9. The third-order valence-corrected chi connectivity index (χ3v) is 3.20. The smallest absolute Gasteiger partial charge is 0.252 e. The molecule has 1 aromatic carbocycles. The Morgan fingerprint density at radius 3 is 2.94 bits per heavy atom. The maximum atomic E-state index is 8.69. The summed E-state index contributed by atoms with van der Waals surface area (Å²) < 4.78 is 2.59.